The van der Waals surface area contributed by atoms with Gasteiger partial charge in [-0.25, -0.2) is 0 Å². The Labute approximate surface area is 161 Å². The van der Waals surface area contributed by atoms with Crippen molar-refractivity contribution in [2.24, 2.45) is 0 Å². The fourth-order valence-corrected chi connectivity index (χ4v) is 2.64. The molecule has 0 radical (unpaired) electrons. The van der Waals surface area contributed by atoms with Crippen LogP contribution in [0.3, 0.4) is 0 Å². The van der Waals surface area contributed by atoms with Crippen molar-refractivity contribution in [3.8, 4) is 5.75 Å². The average molecular weight is 367 g/mol. The summed E-state index contributed by atoms with van der Waals surface area (Å²) in [6.45, 7) is 8.66. The molecular formula is C23H29NO3. The van der Waals surface area contributed by atoms with Crippen LogP contribution in [0.2, 0.25) is 0 Å². The van der Waals surface area contributed by atoms with E-state index in [0.29, 0.717) is 30.7 Å². The maximum absolute atomic E-state index is 12.0. The van der Waals surface area contributed by atoms with Crippen LogP contribution in [0.4, 0.5) is 5.69 Å². The molecule has 27 heavy (non-hydrogen) atoms. The summed E-state index contributed by atoms with van der Waals surface area (Å²) in [5, 5.41) is 2.83. The van der Waals surface area contributed by atoms with Gasteiger partial charge in [0.25, 0.3) is 0 Å². The molecule has 4 heteroatoms. The molecule has 0 unspecified atom stereocenters. The van der Waals surface area contributed by atoms with E-state index < -0.39 is 0 Å². The van der Waals surface area contributed by atoms with Crippen LogP contribution in [0.25, 0.3) is 0 Å². The number of rotatable bonds is 9. The lowest BCUT2D eigenvalue weighted by atomic mass is 9.82. The molecule has 0 spiro atoms. The van der Waals surface area contributed by atoms with Gasteiger partial charge < -0.3 is 10.1 Å². The number of ether oxygens (including phenoxy) is 1. The highest BCUT2D eigenvalue weighted by molar-refractivity contribution is 5.95. The number of hydrogen-bond acceptors (Lipinski definition) is 3. The zero-order chi connectivity index (χ0) is 19.9. The van der Waals surface area contributed by atoms with Crippen molar-refractivity contribution in [3.05, 3.63) is 59.7 Å². The van der Waals surface area contributed by atoms with E-state index >= 15 is 0 Å². The molecule has 1 amide bonds. The van der Waals surface area contributed by atoms with Crippen molar-refractivity contribution >= 4 is 17.4 Å². The second-order valence-corrected chi connectivity index (χ2v) is 7.40. The second-order valence-electron chi connectivity index (χ2n) is 7.40. The standard InChI is InChI=1S/C23H29NO3/c1-5-23(3,4)19-10-14-21(15-11-19)27-16-6-7-22(26)24-20-12-8-18(9-13-20)17(2)25/h8-15H,5-7,16H2,1-4H3,(H,24,26). The minimum absolute atomic E-state index is 0.0105. The first-order chi connectivity index (χ1) is 12.8. The Morgan fingerprint density at radius 1 is 1.00 bits per heavy atom. The normalized spacial score (nSPS) is 11.1. The van der Waals surface area contributed by atoms with Crippen molar-refractivity contribution in [1.82, 2.24) is 0 Å². The summed E-state index contributed by atoms with van der Waals surface area (Å²) in [5.74, 6) is 0.774. The van der Waals surface area contributed by atoms with Gasteiger partial charge in [0, 0.05) is 17.7 Å². The predicted molar refractivity (Wildman–Crippen MR) is 110 cm³/mol. The Bertz CT molecular complexity index is 761. The largest absolute Gasteiger partial charge is 0.494 e. The summed E-state index contributed by atoms with van der Waals surface area (Å²) in [6.07, 6.45) is 2.11. The van der Waals surface area contributed by atoms with E-state index in [1.807, 2.05) is 12.1 Å². The number of anilines is 1. The fourth-order valence-electron chi connectivity index (χ4n) is 2.64. The quantitative estimate of drug-likeness (QED) is 0.478. The number of carbonyl (C=O) groups is 2. The van der Waals surface area contributed by atoms with Gasteiger partial charge in [-0.3, -0.25) is 9.59 Å². The van der Waals surface area contributed by atoms with Crippen LogP contribution in [-0.4, -0.2) is 18.3 Å². The molecule has 0 fully saturated rings. The van der Waals surface area contributed by atoms with Crippen LogP contribution in [0.15, 0.2) is 48.5 Å². The highest BCUT2D eigenvalue weighted by atomic mass is 16.5. The summed E-state index contributed by atoms with van der Waals surface area (Å²) in [6, 6.07) is 15.1. The van der Waals surface area contributed by atoms with E-state index in [2.05, 4.69) is 38.2 Å². The SMILES string of the molecule is CCC(C)(C)c1ccc(OCCCC(=O)Nc2ccc(C(C)=O)cc2)cc1. The lowest BCUT2D eigenvalue weighted by Gasteiger charge is -2.23. The molecule has 0 aliphatic heterocycles. The zero-order valence-electron chi connectivity index (χ0n) is 16.7. The molecule has 0 aliphatic carbocycles. The number of hydrogen-bond donors (Lipinski definition) is 1. The van der Waals surface area contributed by atoms with Crippen molar-refractivity contribution in [1.29, 1.82) is 0 Å². The Kier molecular flexibility index (Phi) is 7.17. The van der Waals surface area contributed by atoms with Gasteiger partial charge in [0.1, 0.15) is 5.75 Å². The number of benzene rings is 2. The molecule has 4 nitrogen and oxygen atoms in total. The predicted octanol–water partition coefficient (Wildman–Crippen LogP) is 5.37. The van der Waals surface area contributed by atoms with Crippen LogP contribution in [0, 0.1) is 0 Å². The van der Waals surface area contributed by atoms with Crippen LogP contribution in [0.5, 0.6) is 5.75 Å². The highest BCUT2D eigenvalue weighted by Crippen LogP contribution is 2.28. The summed E-state index contributed by atoms with van der Waals surface area (Å²) in [4.78, 5) is 23.2. The molecule has 0 saturated heterocycles. The first kappa shape index (κ1) is 20.7. The van der Waals surface area contributed by atoms with Gasteiger partial charge >= 0.3 is 0 Å². The van der Waals surface area contributed by atoms with E-state index in [9.17, 15) is 9.59 Å². The Hall–Kier alpha value is -2.62. The molecule has 0 aliphatic rings. The summed E-state index contributed by atoms with van der Waals surface area (Å²) in [7, 11) is 0. The van der Waals surface area contributed by atoms with Crippen LogP contribution < -0.4 is 10.1 Å². The number of ketones is 1. The maximum Gasteiger partial charge on any atom is 0.224 e. The minimum atomic E-state index is -0.0609. The van der Waals surface area contributed by atoms with Gasteiger partial charge in [0.2, 0.25) is 5.91 Å². The Morgan fingerprint density at radius 3 is 2.19 bits per heavy atom. The molecular weight excluding hydrogens is 338 g/mol. The van der Waals surface area contributed by atoms with Gasteiger partial charge in [-0.05, 0) is 67.1 Å². The first-order valence-electron chi connectivity index (χ1n) is 9.46. The maximum atomic E-state index is 12.0. The Balaban J connectivity index is 1.73. The molecule has 0 heterocycles. The van der Waals surface area contributed by atoms with E-state index in [1.54, 1.807) is 24.3 Å². The van der Waals surface area contributed by atoms with E-state index in [-0.39, 0.29) is 17.1 Å². The smallest absolute Gasteiger partial charge is 0.224 e. The van der Waals surface area contributed by atoms with E-state index in [4.69, 9.17) is 4.74 Å². The molecule has 1 N–H and O–H groups in total. The zero-order valence-corrected chi connectivity index (χ0v) is 16.7. The number of carbonyl (C=O) groups excluding carboxylic acids is 2. The summed E-state index contributed by atoms with van der Waals surface area (Å²) < 4.78 is 5.73. The van der Waals surface area contributed by atoms with Crippen LogP contribution in [-0.2, 0) is 10.2 Å². The van der Waals surface area contributed by atoms with Crippen LogP contribution in [0.1, 0.15) is 62.9 Å². The van der Waals surface area contributed by atoms with Crippen molar-refractivity contribution < 1.29 is 14.3 Å². The summed E-state index contributed by atoms with van der Waals surface area (Å²) >= 11 is 0. The van der Waals surface area contributed by atoms with Crippen LogP contribution >= 0.6 is 0 Å². The Morgan fingerprint density at radius 2 is 1.63 bits per heavy atom. The van der Waals surface area contributed by atoms with Crippen molar-refractivity contribution in [2.45, 2.75) is 52.4 Å². The van der Waals surface area contributed by atoms with Crippen molar-refractivity contribution in [3.63, 3.8) is 0 Å². The first-order valence-corrected chi connectivity index (χ1v) is 9.46. The van der Waals surface area contributed by atoms with Gasteiger partial charge in [-0.15, -0.1) is 0 Å². The number of nitrogens with one attached hydrogen (secondary N) is 1. The van der Waals surface area contributed by atoms with E-state index in [1.165, 1.54) is 12.5 Å². The van der Waals surface area contributed by atoms with Gasteiger partial charge in [-0.1, -0.05) is 32.9 Å². The highest BCUT2D eigenvalue weighted by Gasteiger charge is 2.17. The van der Waals surface area contributed by atoms with Crippen molar-refractivity contribution in [2.75, 3.05) is 11.9 Å². The lowest BCUT2D eigenvalue weighted by molar-refractivity contribution is -0.116. The number of Topliss-reactive ketones (excluding diaryl/α,β-unsaturated/α-hetero) is 1. The third-order valence-corrected chi connectivity index (χ3v) is 4.91. The topological polar surface area (TPSA) is 55.4 Å². The lowest BCUT2D eigenvalue weighted by Crippen LogP contribution is -2.15. The van der Waals surface area contributed by atoms with E-state index in [0.717, 1.165) is 12.2 Å². The van der Waals surface area contributed by atoms with Gasteiger partial charge in [0.05, 0.1) is 6.61 Å². The molecule has 0 bridgehead atoms. The van der Waals surface area contributed by atoms with Gasteiger partial charge in [0.15, 0.2) is 5.78 Å². The molecule has 144 valence electrons. The molecule has 0 aromatic heterocycles. The molecule has 0 atom stereocenters. The monoisotopic (exact) mass is 367 g/mol. The summed E-state index contributed by atoms with van der Waals surface area (Å²) in [5.41, 5.74) is 2.79. The second kappa shape index (κ2) is 9.36. The average Bonchev–Trinajstić information content (AvgIpc) is 2.66. The number of amides is 1. The molecule has 0 saturated carbocycles. The molecule has 2 aromatic rings. The minimum Gasteiger partial charge on any atom is -0.494 e. The van der Waals surface area contributed by atoms with Gasteiger partial charge in [-0.2, -0.15) is 0 Å². The molecule has 2 rings (SSSR count). The fraction of sp³-hybridized carbons (Fsp3) is 0.391. The third-order valence-electron chi connectivity index (χ3n) is 4.91. The molecule has 2 aromatic carbocycles. The third kappa shape index (κ3) is 6.24.